The topological polar surface area (TPSA) is 79.8 Å². The van der Waals surface area contributed by atoms with Gasteiger partial charge in [0.15, 0.2) is 15.8 Å². The standard InChI is InChI=1S/C20H27N3O3S/c1-14-6-7-17(11-18(14)26-4)13-23-20(21-3)22-12-16-8-9-19(15(2)10-16)27(5,24)25/h6-11H,12-13H2,1-5H3,(H2,21,22,23). The second-order valence-corrected chi connectivity index (χ2v) is 8.44. The van der Waals surface area contributed by atoms with E-state index in [2.05, 4.69) is 15.6 Å². The summed E-state index contributed by atoms with van der Waals surface area (Å²) in [5.41, 5.74) is 3.91. The van der Waals surface area contributed by atoms with Crippen LogP contribution >= 0.6 is 0 Å². The van der Waals surface area contributed by atoms with Crippen molar-refractivity contribution in [2.45, 2.75) is 31.8 Å². The highest BCUT2D eigenvalue weighted by Gasteiger charge is 2.11. The first-order chi connectivity index (χ1) is 12.7. The molecule has 0 unspecified atom stereocenters. The second-order valence-electron chi connectivity index (χ2n) is 6.46. The molecule has 0 aliphatic rings. The molecule has 2 aromatic rings. The van der Waals surface area contributed by atoms with E-state index in [1.165, 1.54) is 6.26 Å². The lowest BCUT2D eigenvalue weighted by Gasteiger charge is -2.14. The molecule has 27 heavy (non-hydrogen) atoms. The molecular formula is C20H27N3O3S. The number of ether oxygens (including phenoxy) is 1. The van der Waals surface area contributed by atoms with Crippen molar-refractivity contribution < 1.29 is 13.2 Å². The molecule has 0 spiro atoms. The fraction of sp³-hybridized carbons (Fsp3) is 0.350. The minimum absolute atomic E-state index is 0.363. The van der Waals surface area contributed by atoms with Gasteiger partial charge in [-0.2, -0.15) is 0 Å². The average Bonchev–Trinajstić information content (AvgIpc) is 2.62. The number of aliphatic imine (C=N–C) groups is 1. The number of hydrogen-bond donors (Lipinski definition) is 2. The van der Waals surface area contributed by atoms with Crippen molar-refractivity contribution in [1.82, 2.24) is 10.6 Å². The molecule has 6 nitrogen and oxygen atoms in total. The summed E-state index contributed by atoms with van der Waals surface area (Å²) in [7, 11) is 0.174. The Bertz CT molecular complexity index is 937. The van der Waals surface area contributed by atoms with Crippen LogP contribution in [0.1, 0.15) is 22.3 Å². The highest BCUT2D eigenvalue weighted by atomic mass is 32.2. The van der Waals surface area contributed by atoms with E-state index in [-0.39, 0.29) is 0 Å². The SMILES string of the molecule is CN=C(NCc1ccc(S(C)(=O)=O)c(C)c1)NCc1ccc(C)c(OC)c1. The van der Waals surface area contributed by atoms with Crippen LogP contribution in [0.4, 0.5) is 0 Å². The molecule has 7 heteroatoms. The number of sulfone groups is 1. The van der Waals surface area contributed by atoms with Gasteiger partial charge in [0.2, 0.25) is 0 Å². The van der Waals surface area contributed by atoms with Crippen molar-refractivity contribution in [3.05, 3.63) is 58.7 Å². The summed E-state index contributed by atoms with van der Waals surface area (Å²) < 4.78 is 28.8. The zero-order valence-corrected chi connectivity index (χ0v) is 17.3. The monoisotopic (exact) mass is 389 g/mol. The molecule has 0 aromatic heterocycles. The molecule has 2 N–H and O–H groups in total. The average molecular weight is 390 g/mol. The van der Waals surface area contributed by atoms with Gasteiger partial charge < -0.3 is 15.4 Å². The van der Waals surface area contributed by atoms with Crippen LogP contribution in [0.5, 0.6) is 5.75 Å². The predicted molar refractivity (Wildman–Crippen MR) is 109 cm³/mol. The highest BCUT2D eigenvalue weighted by Crippen LogP contribution is 2.19. The summed E-state index contributed by atoms with van der Waals surface area (Å²) in [4.78, 5) is 4.59. The Hall–Kier alpha value is -2.54. The molecule has 2 rings (SSSR count). The van der Waals surface area contributed by atoms with Crippen molar-refractivity contribution in [2.75, 3.05) is 20.4 Å². The van der Waals surface area contributed by atoms with Crippen LogP contribution < -0.4 is 15.4 Å². The number of hydrogen-bond acceptors (Lipinski definition) is 4. The van der Waals surface area contributed by atoms with Gasteiger partial charge >= 0.3 is 0 Å². The Balaban J connectivity index is 1.97. The number of nitrogens with one attached hydrogen (secondary N) is 2. The zero-order chi connectivity index (χ0) is 20.0. The Kier molecular flexibility index (Phi) is 6.85. The molecular weight excluding hydrogens is 362 g/mol. The molecule has 2 aromatic carbocycles. The molecule has 0 radical (unpaired) electrons. The quantitative estimate of drug-likeness (QED) is 0.586. The fourth-order valence-electron chi connectivity index (χ4n) is 2.80. The van der Waals surface area contributed by atoms with Crippen LogP contribution in [-0.2, 0) is 22.9 Å². The van der Waals surface area contributed by atoms with Gasteiger partial charge in [-0.1, -0.05) is 24.3 Å². The van der Waals surface area contributed by atoms with E-state index < -0.39 is 9.84 Å². The van der Waals surface area contributed by atoms with Crippen LogP contribution in [-0.4, -0.2) is 34.8 Å². The minimum atomic E-state index is -3.20. The van der Waals surface area contributed by atoms with Gasteiger partial charge in [-0.15, -0.1) is 0 Å². The lowest BCUT2D eigenvalue weighted by Crippen LogP contribution is -2.36. The van der Waals surface area contributed by atoms with Crippen LogP contribution in [0.15, 0.2) is 46.3 Å². The molecule has 0 heterocycles. The molecule has 146 valence electrons. The minimum Gasteiger partial charge on any atom is -0.496 e. The summed E-state index contributed by atoms with van der Waals surface area (Å²) in [6.45, 7) is 4.97. The summed E-state index contributed by atoms with van der Waals surface area (Å²) in [6.07, 6.45) is 1.22. The molecule has 0 atom stereocenters. The van der Waals surface area contributed by atoms with Crippen molar-refractivity contribution >= 4 is 15.8 Å². The Labute approximate surface area is 161 Å². The molecule has 0 amide bonds. The Morgan fingerprint density at radius 3 is 2.11 bits per heavy atom. The smallest absolute Gasteiger partial charge is 0.191 e. The van der Waals surface area contributed by atoms with Crippen LogP contribution in [0.3, 0.4) is 0 Å². The summed E-state index contributed by atoms with van der Waals surface area (Å²) in [5, 5.41) is 6.50. The van der Waals surface area contributed by atoms with Crippen molar-refractivity contribution in [3.8, 4) is 5.75 Å². The molecule has 0 fully saturated rings. The number of aryl methyl sites for hydroxylation is 2. The van der Waals surface area contributed by atoms with Gasteiger partial charge in [0, 0.05) is 26.4 Å². The maximum absolute atomic E-state index is 11.7. The Morgan fingerprint density at radius 1 is 1.00 bits per heavy atom. The Morgan fingerprint density at radius 2 is 1.59 bits per heavy atom. The van der Waals surface area contributed by atoms with Crippen LogP contribution in [0, 0.1) is 13.8 Å². The van der Waals surface area contributed by atoms with E-state index in [1.54, 1.807) is 27.1 Å². The molecule has 0 aliphatic heterocycles. The molecule has 0 aliphatic carbocycles. The third-order valence-electron chi connectivity index (χ3n) is 4.25. The molecule has 0 bridgehead atoms. The second kappa shape index (κ2) is 8.90. The van der Waals surface area contributed by atoms with Crippen molar-refractivity contribution in [3.63, 3.8) is 0 Å². The van der Waals surface area contributed by atoms with Gasteiger partial charge in [-0.25, -0.2) is 8.42 Å². The summed E-state index contributed by atoms with van der Waals surface area (Å²) in [6, 6.07) is 11.4. The number of rotatable bonds is 6. The van der Waals surface area contributed by atoms with E-state index >= 15 is 0 Å². The van der Waals surface area contributed by atoms with E-state index in [4.69, 9.17) is 4.74 Å². The van der Waals surface area contributed by atoms with Gasteiger partial charge in [-0.05, 0) is 48.2 Å². The van der Waals surface area contributed by atoms with E-state index in [1.807, 2.05) is 37.3 Å². The van der Waals surface area contributed by atoms with Gasteiger partial charge in [0.1, 0.15) is 5.75 Å². The summed E-state index contributed by atoms with van der Waals surface area (Å²) >= 11 is 0. The lowest BCUT2D eigenvalue weighted by molar-refractivity contribution is 0.411. The van der Waals surface area contributed by atoms with Crippen molar-refractivity contribution in [1.29, 1.82) is 0 Å². The van der Waals surface area contributed by atoms with Crippen molar-refractivity contribution in [2.24, 2.45) is 4.99 Å². The lowest BCUT2D eigenvalue weighted by atomic mass is 10.1. The maximum atomic E-state index is 11.7. The van der Waals surface area contributed by atoms with E-state index in [0.29, 0.717) is 23.9 Å². The molecule has 0 saturated heterocycles. The van der Waals surface area contributed by atoms with E-state index in [0.717, 1.165) is 28.0 Å². The van der Waals surface area contributed by atoms with Crippen LogP contribution in [0.2, 0.25) is 0 Å². The summed E-state index contributed by atoms with van der Waals surface area (Å²) in [5.74, 6) is 1.53. The predicted octanol–water partition coefficient (Wildman–Crippen LogP) is 2.58. The number of benzene rings is 2. The van der Waals surface area contributed by atoms with Gasteiger partial charge in [0.25, 0.3) is 0 Å². The zero-order valence-electron chi connectivity index (χ0n) is 16.5. The highest BCUT2D eigenvalue weighted by molar-refractivity contribution is 7.90. The number of methoxy groups -OCH3 is 1. The number of nitrogens with zero attached hydrogens (tertiary/aromatic N) is 1. The normalized spacial score (nSPS) is 12.0. The third-order valence-corrected chi connectivity index (χ3v) is 5.51. The largest absolute Gasteiger partial charge is 0.496 e. The van der Waals surface area contributed by atoms with Crippen LogP contribution in [0.25, 0.3) is 0 Å². The van der Waals surface area contributed by atoms with Gasteiger partial charge in [-0.3, -0.25) is 4.99 Å². The third kappa shape index (κ3) is 5.72. The maximum Gasteiger partial charge on any atom is 0.191 e. The fourth-order valence-corrected chi connectivity index (χ4v) is 3.76. The first-order valence-electron chi connectivity index (χ1n) is 8.62. The van der Waals surface area contributed by atoms with E-state index in [9.17, 15) is 8.42 Å². The first-order valence-corrected chi connectivity index (χ1v) is 10.5. The first kappa shape index (κ1) is 20.8. The van der Waals surface area contributed by atoms with Gasteiger partial charge in [0.05, 0.1) is 12.0 Å². The molecule has 0 saturated carbocycles. The number of guanidine groups is 1.